The van der Waals surface area contributed by atoms with Crippen LogP contribution >= 0.6 is 0 Å². The Morgan fingerprint density at radius 1 is 1.15 bits per heavy atom. The van der Waals surface area contributed by atoms with Crippen LogP contribution in [-0.2, 0) is 14.3 Å². The third-order valence-electron chi connectivity index (χ3n) is 5.26. The molecule has 0 saturated heterocycles. The minimum absolute atomic E-state index is 0.0667. The van der Waals surface area contributed by atoms with E-state index in [0.717, 1.165) is 23.3 Å². The molecule has 2 aliphatic rings. The molecule has 3 rings (SSSR count). The second-order valence-corrected chi connectivity index (χ2v) is 9.76. The van der Waals surface area contributed by atoms with Gasteiger partial charge in [-0.05, 0) is 51.5 Å². The quantitative estimate of drug-likeness (QED) is 0.784. The van der Waals surface area contributed by atoms with Crippen LogP contribution in [0.25, 0.3) is 0 Å². The molecule has 4 heteroatoms. The molecule has 0 bridgehead atoms. The largest absolute Gasteiger partial charge is 0.458 e. The third-order valence-corrected chi connectivity index (χ3v) is 5.26. The van der Waals surface area contributed by atoms with Gasteiger partial charge in [-0.25, -0.2) is 4.79 Å². The predicted octanol–water partition coefficient (Wildman–Crippen LogP) is 4.43. The minimum Gasteiger partial charge on any atom is -0.458 e. The van der Waals surface area contributed by atoms with Crippen LogP contribution in [0.2, 0.25) is 0 Å². The molecule has 0 aromatic heterocycles. The molecular formula is C23H31NO3. The van der Waals surface area contributed by atoms with Gasteiger partial charge < -0.3 is 10.1 Å². The molecule has 1 aliphatic carbocycles. The fraction of sp³-hybridized carbons (Fsp3) is 0.565. The number of carbonyl (C=O) groups excluding carboxylic acids is 2. The van der Waals surface area contributed by atoms with Crippen molar-refractivity contribution in [3.05, 3.63) is 46.7 Å². The molecule has 146 valence electrons. The van der Waals surface area contributed by atoms with Crippen LogP contribution in [0, 0.1) is 12.3 Å². The summed E-state index contributed by atoms with van der Waals surface area (Å²) in [4.78, 5) is 25.8. The Kier molecular flexibility index (Phi) is 4.96. The number of Topliss-reactive ketones (excluding diaryl/α,β-unsaturated/α-hetero) is 1. The number of ketones is 1. The van der Waals surface area contributed by atoms with Crippen molar-refractivity contribution in [2.45, 2.75) is 78.4 Å². The van der Waals surface area contributed by atoms with Gasteiger partial charge in [-0.2, -0.15) is 0 Å². The Morgan fingerprint density at radius 3 is 2.37 bits per heavy atom. The standard InChI is InChI=1S/C23H31NO3/c1-14-7-9-15(10-8-14)16-11-17(21(26)27-22(2,3)4)24-18-12-23(5,6)13-19(25)20(16)18/h7-10,16-17,24H,11-13H2,1-6H3/t16-,17+/m0/s1. The SMILES string of the molecule is Cc1ccc([C@@H]2C[C@H](C(=O)OC(C)(C)C)NC3=C2C(=O)CC(C)(C)C3)cc1. The molecule has 1 aliphatic heterocycles. The van der Waals surface area contributed by atoms with Gasteiger partial charge in [0.1, 0.15) is 11.6 Å². The van der Waals surface area contributed by atoms with E-state index in [1.54, 1.807) is 0 Å². The lowest BCUT2D eigenvalue weighted by Gasteiger charge is -2.41. The molecule has 2 atom stereocenters. The second kappa shape index (κ2) is 6.81. The molecule has 0 fully saturated rings. The Morgan fingerprint density at radius 2 is 1.78 bits per heavy atom. The van der Waals surface area contributed by atoms with Crippen molar-refractivity contribution in [2.24, 2.45) is 5.41 Å². The van der Waals surface area contributed by atoms with Gasteiger partial charge in [0.25, 0.3) is 0 Å². The highest BCUT2D eigenvalue weighted by Crippen LogP contribution is 2.45. The number of hydrogen-bond donors (Lipinski definition) is 1. The highest BCUT2D eigenvalue weighted by Gasteiger charge is 2.43. The molecule has 1 aromatic carbocycles. The van der Waals surface area contributed by atoms with Gasteiger partial charge in [0.05, 0.1) is 0 Å². The van der Waals surface area contributed by atoms with Crippen LogP contribution in [0.1, 0.15) is 70.9 Å². The van der Waals surface area contributed by atoms with Gasteiger partial charge in [0.15, 0.2) is 5.78 Å². The van der Waals surface area contributed by atoms with E-state index in [-0.39, 0.29) is 23.1 Å². The van der Waals surface area contributed by atoms with Crippen LogP contribution in [0.4, 0.5) is 0 Å². The zero-order chi connectivity index (χ0) is 20.0. The molecule has 1 aromatic rings. The molecule has 1 N–H and O–H groups in total. The smallest absolute Gasteiger partial charge is 0.329 e. The van der Waals surface area contributed by atoms with Crippen molar-refractivity contribution < 1.29 is 14.3 Å². The van der Waals surface area contributed by atoms with Gasteiger partial charge in [0, 0.05) is 23.6 Å². The molecule has 4 nitrogen and oxygen atoms in total. The van der Waals surface area contributed by atoms with Crippen molar-refractivity contribution in [1.82, 2.24) is 5.32 Å². The maximum absolute atomic E-state index is 13.0. The monoisotopic (exact) mass is 369 g/mol. The van der Waals surface area contributed by atoms with E-state index in [0.29, 0.717) is 12.8 Å². The molecule has 0 spiro atoms. The Balaban J connectivity index is 2.00. The normalized spacial score (nSPS) is 24.9. The molecule has 0 amide bonds. The number of ether oxygens (including phenoxy) is 1. The second-order valence-electron chi connectivity index (χ2n) is 9.76. The van der Waals surface area contributed by atoms with Gasteiger partial charge in [-0.15, -0.1) is 0 Å². The van der Waals surface area contributed by atoms with Crippen molar-refractivity contribution in [1.29, 1.82) is 0 Å². The Bertz CT molecular complexity index is 781. The Hall–Kier alpha value is -2.10. The third kappa shape index (κ3) is 4.42. The number of esters is 1. The Labute approximate surface area is 162 Å². The molecule has 0 radical (unpaired) electrons. The number of hydrogen-bond acceptors (Lipinski definition) is 4. The average molecular weight is 370 g/mol. The van der Waals surface area contributed by atoms with Crippen molar-refractivity contribution in [2.75, 3.05) is 0 Å². The first-order chi connectivity index (χ1) is 12.5. The summed E-state index contributed by atoms with van der Waals surface area (Å²) < 4.78 is 5.63. The summed E-state index contributed by atoms with van der Waals surface area (Å²) in [5.41, 5.74) is 3.42. The highest BCUT2D eigenvalue weighted by atomic mass is 16.6. The number of nitrogens with one attached hydrogen (secondary N) is 1. The number of allylic oxidation sites excluding steroid dienone is 2. The number of benzene rings is 1. The van der Waals surface area contributed by atoms with E-state index in [9.17, 15) is 9.59 Å². The molecule has 0 unspecified atom stereocenters. The van der Waals surface area contributed by atoms with Gasteiger partial charge in [0.2, 0.25) is 0 Å². The predicted molar refractivity (Wildman–Crippen MR) is 106 cm³/mol. The first-order valence-electron chi connectivity index (χ1n) is 9.77. The molecular weight excluding hydrogens is 338 g/mol. The number of carbonyl (C=O) groups is 2. The van der Waals surface area contributed by atoms with Crippen LogP contribution in [0.5, 0.6) is 0 Å². The van der Waals surface area contributed by atoms with E-state index >= 15 is 0 Å². The lowest BCUT2D eigenvalue weighted by molar-refractivity contribution is -0.158. The maximum Gasteiger partial charge on any atom is 0.329 e. The average Bonchev–Trinajstić information content (AvgIpc) is 2.51. The summed E-state index contributed by atoms with van der Waals surface area (Å²) in [6, 6.07) is 7.86. The fourth-order valence-corrected chi connectivity index (χ4v) is 4.12. The summed E-state index contributed by atoms with van der Waals surface area (Å²) in [5, 5.41) is 3.36. The minimum atomic E-state index is -0.533. The maximum atomic E-state index is 13.0. The topological polar surface area (TPSA) is 55.4 Å². The van der Waals surface area contributed by atoms with E-state index in [4.69, 9.17) is 4.74 Å². The summed E-state index contributed by atoms with van der Waals surface area (Å²) >= 11 is 0. The van der Waals surface area contributed by atoms with Crippen LogP contribution in [0.15, 0.2) is 35.5 Å². The lowest BCUT2D eigenvalue weighted by atomic mass is 9.69. The lowest BCUT2D eigenvalue weighted by Crippen LogP contribution is -2.48. The number of aryl methyl sites for hydroxylation is 1. The summed E-state index contributed by atoms with van der Waals surface area (Å²) in [6.45, 7) is 11.9. The van der Waals surface area contributed by atoms with E-state index in [2.05, 4.69) is 50.4 Å². The first-order valence-corrected chi connectivity index (χ1v) is 9.77. The van der Waals surface area contributed by atoms with E-state index in [1.165, 1.54) is 5.56 Å². The van der Waals surface area contributed by atoms with Crippen LogP contribution in [-0.4, -0.2) is 23.4 Å². The van der Waals surface area contributed by atoms with Gasteiger partial charge in [-0.3, -0.25) is 4.79 Å². The zero-order valence-corrected chi connectivity index (χ0v) is 17.3. The van der Waals surface area contributed by atoms with Crippen LogP contribution < -0.4 is 5.32 Å². The fourth-order valence-electron chi connectivity index (χ4n) is 4.12. The van der Waals surface area contributed by atoms with Crippen molar-refractivity contribution in [3.8, 4) is 0 Å². The number of rotatable bonds is 2. The molecule has 0 saturated carbocycles. The zero-order valence-electron chi connectivity index (χ0n) is 17.3. The summed E-state index contributed by atoms with van der Waals surface area (Å²) in [6.07, 6.45) is 1.87. The summed E-state index contributed by atoms with van der Waals surface area (Å²) in [7, 11) is 0. The van der Waals surface area contributed by atoms with Gasteiger partial charge in [-0.1, -0.05) is 43.7 Å². The van der Waals surface area contributed by atoms with Crippen molar-refractivity contribution in [3.63, 3.8) is 0 Å². The van der Waals surface area contributed by atoms with E-state index in [1.807, 2.05) is 20.8 Å². The van der Waals surface area contributed by atoms with Crippen LogP contribution in [0.3, 0.4) is 0 Å². The highest BCUT2D eigenvalue weighted by molar-refractivity contribution is 5.99. The van der Waals surface area contributed by atoms with Gasteiger partial charge >= 0.3 is 5.97 Å². The molecule has 1 heterocycles. The first kappa shape index (κ1) is 19.7. The van der Waals surface area contributed by atoms with E-state index < -0.39 is 11.6 Å². The molecule has 27 heavy (non-hydrogen) atoms. The summed E-state index contributed by atoms with van der Waals surface area (Å²) in [5.74, 6) is -0.119. The van der Waals surface area contributed by atoms with Crippen molar-refractivity contribution >= 4 is 11.8 Å².